The van der Waals surface area contributed by atoms with Gasteiger partial charge in [-0.3, -0.25) is 0 Å². The predicted molar refractivity (Wildman–Crippen MR) is 78.8 cm³/mol. The van der Waals surface area contributed by atoms with Gasteiger partial charge in [0.25, 0.3) is 0 Å². The van der Waals surface area contributed by atoms with Crippen LogP contribution in [0.15, 0.2) is 40.9 Å². The van der Waals surface area contributed by atoms with Crippen molar-refractivity contribution in [3.63, 3.8) is 0 Å². The predicted octanol–water partition coefficient (Wildman–Crippen LogP) is 4.23. The Balaban J connectivity index is 2.11. The molecule has 0 saturated heterocycles. The molecule has 2 nitrogen and oxygen atoms in total. The summed E-state index contributed by atoms with van der Waals surface area (Å²) >= 11 is 3.49. The molecule has 0 saturated carbocycles. The van der Waals surface area contributed by atoms with Crippen molar-refractivity contribution >= 4 is 21.6 Å². The first-order valence-corrected chi connectivity index (χ1v) is 6.59. The van der Waals surface area contributed by atoms with Gasteiger partial charge in [-0.05, 0) is 49.2 Å². The van der Waals surface area contributed by atoms with E-state index < -0.39 is 0 Å². The van der Waals surface area contributed by atoms with E-state index in [9.17, 15) is 0 Å². The van der Waals surface area contributed by atoms with Crippen LogP contribution < -0.4 is 10.5 Å². The van der Waals surface area contributed by atoms with Gasteiger partial charge in [0.2, 0.25) is 0 Å². The van der Waals surface area contributed by atoms with Crippen molar-refractivity contribution in [1.82, 2.24) is 0 Å². The second-order valence-corrected chi connectivity index (χ2v) is 5.32. The van der Waals surface area contributed by atoms with Crippen LogP contribution in [-0.2, 0) is 6.61 Å². The maximum atomic E-state index is 5.80. The van der Waals surface area contributed by atoms with Crippen molar-refractivity contribution in [2.24, 2.45) is 0 Å². The molecule has 0 heterocycles. The lowest BCUT2D eigenvalue weighted by Gasteiger charge is -2.10. The summed E-state index contributed by atoms with van der Waals surface area (Å²) in [5.41, 5.74) is 9.96. The molecule has 2 rings (SSSR count). The van der Waals surface area contributed by atoms with Crippen LogP contribution in [0.2, 0.25) is 0 Å². The molecule has 18 heavy (non-hydrogen) atoms. The summed E-state index contributed by atoms with van der Waals surface area (Å²) in [4.78, 5) is 0. The van der Waals surface area contributed by atoms with Gasteiger partial charge in [0.15, 0.2) is 0 Å². The number of ether oxygens (including phenoxy) is 1. The normalized spacial score (nSPS) is 10.4. The van der Waals surface area contributed by atoms with Crippen LogP contribution in [0.1, 0.15) is 16.7 Å². The fourth-order valence-corrected chi connectivity index (χ4v) is 2.37. The van der Waals surface area contributed by atoms with Gasteiger partial charge in [0, 0.05) is 15.7 Å². The van der Waals surface area contributed by atoms with Gasteiger partial charge < -0.3 is 10.5 Å². The van der Waals surface area contributed by atoms with Gasteiger partial charge >= 0.3 is 0 Å². The number of anilines is 1. The molecule has 0 unspecified atom stereocenters. The molecule has 3 heteroatoms. The van der Waals surface area contributed by atoms with E-state index in [4.69, 9.17) is 10.5 Å². The number of halogens is 1. The second kappa shape index (κ2) is 5.44. The zero-order valence-electron chi connectivity index (χ0n) is 10.5. The number of aryl methyl sites for hydroxylation is 2. The Morgan fingerprint density at radius 1 is 1.06 bits per heavy atom. The first kappa shape index (κ1) is 13.0. The van der Waals surface area contributed by atoms with E-state index in [-0.39, 0.29) is 0 Å². The lowest BCUT2D eigenvalue weighted by Crippen LogP contribution is -1.98. The van der Waals surface area contributed by atoms with Crippen molar-refractivity contribution in [1.29, 1.82) is 0 Å². The highest BCUT2D eigenvalue weighted by molar-refractivity contribution is 9.10. The summed E-state index contributed by atoms with van der Waals surface area (Å²) in [5, 5.41) is 0. The van der Waals surface area contributed by atoms with Crippen LogP contribution >= 0.6 is 15.9 Å². The smallest absolute Gasteiger partial charge is 0.120 e. The third-order valence-corrected chi connectivity index (χ3v) is 3.40. The van der Waals surface area contributed by atoms with Crippen molar-refractivity contribution in [2.45, 2.75) is 20.5 Å². The average Bonchev–Trinajstić information content (AvgIpc) is 2.26. The fraction of sp³-hybridized carbons (Fsp3) is 0.200. The molecule has 2 aromatic rings. The Morgan fingerprint density at radius 3 is 2.33 bits per heavy atom. The molecule has 0 radical (unpaired) electrons. The van der Waals surface area contributed by atoms with E-state index in [1.54, 1.807) is 0 Å². The van der Waals surface area contributed by atoms with E-state index in [2.05, 4.69) is 35.8 Å². The van der Waals surface area contributed by atoms with E-state index in [1.807, 2.05) is 30.3 Å². The highest BCUT2D eigenvalue weighted by Gasteiger charge is 2.02. The minimum absolute atomic E-state index is 0.532. The van der Waals surface area contributed by atoms with Gasteiger partial charge in [-0.15, -0.1) is 0 Å². The molecule has 0 amide bonds. The molecule has 2 aromatic carbocycles. The van der Waals surface area contributed by atoms with Gasteiger partial charge in [-0.25, -0.2) is 0 Å². The summed E-state index contributed by atoms with van der Waals surface area (Å²) < 4.78 is 6.78. The highest BCUT2D eigenvalue weighted by atomic mass is 79.9. The third kappa shape index (κ3) is 3.26. The Morgan fingerprint density at radius 2 is 1.72 bits per heavy atom. The SMILES string of the molecule is Cc1cc(C)cc(OCc2ccc(N)cc2Br)c1. The van der Waals surface area contributed by atoms with E-state index in [1.165, 1.54) is 11.1 Å². The maximum absolute atomic E-state index is 5.80. The zero-order valence-corrected chi connectivity index (χ0v) is 12.1. The Kier molecular flexibility index (Phi) is 3.92. The number of hydrogen-bond acceptors (Lipinski definition) is 2. The van der Waals surface area contributed by atoms with E-state index in [0.29, 0.717) is 6.61 Å². The van der Waals surface area contributed by atoms with Crippen LogP contribution in [0, 0.1) is 13.8 Å². The molecule has 2 N–H and O–H groups in total. The number of nitrogens with two attached hydrogens (primary N) is 1. The number of hydrogen-bond donors (Lipinski definition) is 1. The third-order valence-electron chi connectivity index (χ3n) is 2.67. The highest BCUT2D eigenvalue weighted by Crippen LogP contribution is 2.23. The first-order valence-electron chi connectivity index (χ1n) is 5.79. The molecular weight excluding hydrogens is 290 g/mol. The van der Waals surface area contributed by atoms with Crippen LogP contribution in [0.3, 0.4) is 0 Å². The minimum atomic E-state index is 0.532. The molecule has 0 aliphatic carbocycles. The molecule has 0 aliphatic rings. The topological polar surface area (TPSA) is 35.2 Å². The molecule has 0 spiro atoms. The standard InChI is InChI=1S/C15H16BrNO/c1-10-5-11(2)7-14(6-10)18-9-12-3-4-13(17)8-15(12)16/h3-8H,9,17H2,1-2H3. The van der Waals surface area contributed by atoms with Crippen LogP contribution in [0.5, 0.6) is 5.75 Å². The lowest BCUT2D eigenvalue weighted by atomic mass is 10.1. The summed E-state index contributed by atoms with van der Waals surface area (Å²) in [6, 6.07) is 12.0. The molecule has 0 aliphatic heterocycles. The van der Waals surface area contributed by atoms with Gasteiger partial charge in [0.05, 0.1) is 0 Å². The van der Waals surface area contributed by atoms with Gasteiger partial charge in [-0.1, -0.05) is 28.1 Å². The van der Waals surface area contributed by atoms with E-state index in [0.717, 1.165) is 21.5 Å². The fourth-order valence-electron chi connectivity index (χ4n) is 1.86. The van der Waals surface area contributed by atoms with Gasteiger partial charge in [-0.2, -0.15) is 0 Å². The largest absolute Gasteiger partial charge is 0.489 e. The van der Waals surface area contributed by atoms with Gasteiger partial charge in [0.1, 0.15) is 12.4 Å². The first-order chi connectivity index (χ1) is 8.54. The van der Waals surface area contributed by atoms with Crippen molar-refractivity contribution in [2.75, 3.05) is 5.73 Å². The van der Waals surface area contributed by atoms with Crippen LogP contribution in [-0.4, -0.2) is 0 Å². The summed E-state index contributed by atoms with van der Waals surface area (Å²) in [7, 11) is 0. The molecule has 0 bridgehead atoms. The van der Waals surface area contributed by atoms with Crippen molar-refractivity contribution in [3.05, 3.63) is 57.6 Å². The van der Waals surface area contributed by atoms with E-state index >= 15 is 0 Å². The minimum Gasteiger partial charge on any atom is -0.489 e. The molecule has 0 fully saturated rings. The zero-order chi connectivity index (χ0) is 13.1. The Labute approximate surface area is 116 Å². The van der Waals surface area contributed by atoms with Crippen molar-refractivity contribution < 1.29 is 4.74 Å². The van der Waals surface area contributed by atoms with Crippen LogP contribution in [0.4, 0.5) is 5.69 Å². The Hall–Kier alpha value is -1.48. The quantitative estimate of drug-likeness (QED) is 0.861. The monoisotopic (exact) mass is 305 g/mol. The lowest BCUT2D eigenvalue weighted by molar-refractivity contribution is 0.305. The second-order valence-electron chi connectivity index (χ2n) is 4.46. The summed E-state index contributed by atoms with van der Waals surface area (Å²) in [6.45, 7) is 4.67. The number of nitrogen functional groups attached to an aromatic ring is 1. The number of rotatable bonds is 3. The van der Waals surface area contributed by atoms with Crippen LogP contribution in [0.25, 0.3) is 0 Å². The average molecular weight is 306 g/mol. The molecule has 0 aromatic heterocycles. The molecular formula is C15H16BrNO. The van der Waals surface area contributed by atoms with Crippen molar-refractivity contribution in [3.8, 4) is 5.75 Å². The molecule has 0 atom stereocenters. The number of benzene rings is 2. The Bertz CT molecular complexity index is 546. The summed E-state index contributed by atoms with van der Waals surface area (Å²) in [5.74, 6) is 0.899. The molecule has 94 valence electrons. The maximum Gasteiger partial charge on any atom is 0.120 e. The summed E-state index contributed by atoms with van der Waals surface area (Å²) in [6.07, 6.45) is 0.